The highest BCUT2D eigenvalue weighted by Gasteiger charge is 2.29. The number of para-hydroxylation sites is 1. The molecule has 0 saturated heterocycles. The van der Waals surface area contributed by atoms with Crippen molar-refractivity contribution in [2.24, 2.45) is 0 Å². The third-order valence-electron chi connectivity index (χ3n) is 2.08. The predicted octanol–water partition coefficient (Wildman–Crippen LogP) is 2.69. The standard InChI is InChI=1S/C11H14F3NO/c1-15(8-11(12,13)14)7-9-5-3-4-6-10(9)16-2/h3-6H,7-8H2,1-2H3. The molecule has 0 unspecified atom stereocenters. The second-order valence-corrected chi connectivity index (χ2v) is 3.60. The highest BCUT2D eigenvalue weighted by Crippen LogP contribution is 2.21. The molecule has 0 aliphatic heterocycles. The van der Waals surface area contributed by atoms with Gasteiger partial charge in [-0.1, -0.05) is 18.2 Å². The number of rotatable bonds is 4. The average molecular weight is 233 g/mol. The molecule has 0 aromatic heterocycles. The lowest BCUT2D eigenvalue weighted by Gasteiger charge is -2.19. The van der Waals surface area contributed by atoms with Crippen molar-refractivity contribution in [3.8, 4) is 5.75 Å². The van der Waals surface area contributed by atoms with E-state index in [0.717, 1.165) is 5.56 Å². The second kappa shape index (κ2) is 5.21. The number of methoxy groups -OCH3 is 1. The van der Waals surface area contributed by atoms with Gasteiger partial charge in [0.15, 0.2) is 0 Å². The van der Waals surface area contributed by atoms with E-state index in [0.29, 0.717) is 5.75 Å². The van der Waals surface area contributed by atoms with E-state index in [1.807, 2.05) is 0 Å². The minimum absolute atomic E-state index is 0.212. The Morgan fingerprint density at radius 3 is 2.44 bits per heavy atom. The first-order valence-electron chi connectivity index (χ1n) is 4.79. The van der Waals surface area contributed by atoms with Crippen LogP contribution in [0.1, 0.15) is 5.56 Å². The van der Waals surface area contributed by atoms with Crippen LogP contribution < -0.4 is 4.74 Å². The Balaban J connectivity index is 2.65. The molecule has 1 aromatic carbocycles. The molecule has 0 fully saturated rings. The zero-order valence-electron chi connectivity index (χ0n) is 9.21. The van der Waals surface area contributed by atoms with E-state index in [9.17, 15) is 13.2 Å². The average Bonchev–Trinajstić information content (AvgIpc) is 2.15. The number of nitrogens with zero attached hydrogens (tertiary/aromatic N) is 1. The Bertz CT molecular complexity index is 338. The summed E-state index contributed by atoms with van der Waals surface area (Å²) in [6.07, 6.45) is -4.17. The maximum Gasteiger partial charge on any atom is 0.401 e. The normalized spacial score (nSPS) is 11.9. The number of alkyl halides is 3. The summed E-state index contributed by atoms with van der Waals surface area (Å²) in [6, 6.07) is 7.05. The highest BCUT2D eigenvalue weighted by molar-refractivity contribution is 5.32. The zero-order valence-corrected chi connectivity index (χ0v) is 9.21. The van der Waals surface area contributed by atoms with Crippen LogP contribution in [0.25, 0.3) is 0 Å². The molecule has 0 bridgehead atoms. The molecule has 0 heterocycles. The summed E-state index contributed by atoms with van der Waals surface area (Å²) in [5, 5.41) is 0. The van der Waals surface area contributed by atoms with Crippen LogP contribution in [0.4, 0.5) is 13.2 Å². The summed E-state index contributed by atoms with van der Waals surface area (Å²) in [6.45, 7) is -0.714. The Labute approximate surface area is 92.6 Å². The minimum Gasteiger partial charge on any atom is -0.496 e. The summed E-state index contributed by atoms with van der Waals surface area (Å²) < 4.78 is 41.4. The zero-order chi connectivity index (χ0) is 12.2. The van der Waals surface area contributed by atoms with Gasteiger partial charge in [-0.2, -0.15) is 13.2 Å². The number of hydrogen-bond donors (Lipinski definition) is 0. The molecular formula is C11H14F3NO. The van der Waals surface area contributed by atoms with E-state index in [1.54, 1.807) is 24.3 Å². The van der Waals surface area contributed by atoms with E-state index in [4.69, 9.17) is 4.74 Å². The predicted molar refractivity (Wildman–Crippen MR) is 55.4 cm³/mol. The van der Waals surface area contributed by atoms with Gasteiger partial charge in [0.2, 0.25) is 0 Å². The van der Waals surface area contributed by atoms with E-state index in [2.05, 4.69) is 0 Å². The summed E-state index contributed by atoms with van der Waals surface area (Å²) in [7, 11) is 2.93. The minimum atomic E-state index is -4.17. The molecule has 1 rings (SSSR count). The van der Waals surface area contributed by atoms with E-state index < -0.39 is 12.7 Å². The molecule has 0 atom stereocenters. The van der Waals surface area contributed by atoms with Crippen molar-refractivity contribution in [2.45, 2.75) is 12.7 Å². The van der Waals surface area contributed by atoms with Crippen LogP contribution in [-0.2, 0) is 6.54 Å². The van der Waals surface area contributed by atoms with Gasteiger partial charge in [0, 0.05) is 12.1 Å². The lowest BCUT2D eigenvalue weighted by Crippen LogP contribution is -2.30. The monoisotopic (exact) mass is 233 g/mol. The van der Waals surface area contributed by atoms with Gasteiger partial charge in [0.25, 0.3) is 0 Å². The second-order valence-electron chi connectivity index (χ2n) is 3.60. The van der Waals surface area contributed by atoms with Gasteiger partial charge < -0.3 is 4.74 Å². The van der Waals surface area contributed by atoms with E-state index in [-0.39, 0.29) is 6.54 Å². The summed E-state index contributed by atoms with van der Waals surface area (Å²) in [5.41, 5.74) is 0.747. The van der Waals surface area contributed by atoms with Crippen molar-refractivity contribution in [3.63, 3.8) is 0 Å². The first-order chi connectivity index (χ1) is 7.42. The van der Waals surface area contributed by atoms with Crippen molar-refractivity contribution < 1.29 is 17.9 Å². The smallest absolute Gasteiger partial charge is 0.401 e. The molecule has 0 aliphatic rings. The largest absolute Gasteiger partial charge is 0.496 e. The van der Waals surface area contributed by atoms with Crippen molar-refractivity contribution in [1.29, 1.82) is 0 Å². The van der Waals surface area contributed by atoms with Crippen molar-refractivity contribution >= 4 is 0 Å². The molecule has 0 saturated carbocycles. The highest BCUT2D eigenvalue weighted by atomic mass is 19.4. The molecule has 5 heteroatoms. The quantitative estimate of drug-likeness (QED) is 0.792. The first kappa shape index (κ1) is 12.8. The van der Waals surface area contributed by atoms with Crippen molar-refractivity contribution in [2.75, 3.05) is 20.7 Å². The van der Waals surface area contributed by atoms with Gasteiger partial charge in [-0.25, -0.2) is 0 Å². The fourth-order valence-corrected chi connectivity index (χ4v) is 1.49. The molecule has 90 valence electrons. The summed E-state index contributed by atoms with van der Waals surface area (Å²) >= 11 is 0. The van der Waals surface area contributed by atoms with Crippen LogP contribution >= 0.6 is 0 Å². The molecule has 0 amide bonds. The number of benzene rings is 1. The van der Waals surface area contributed by atoms with Crippen molar-refractivity contribution in [3.05, 3.63) is 29.8 Å². The van der Waals surface area contributed by atoms with Crippen LogP contribution in [0, 0.1) is 0 Å². The molecule has 0 N–H and O–H groups in total. The van der Waals surface area contributed by atoms with Crippen LogP contribution in [0.2, 0.25) is 0 Å². The van der Waals surface area contributed by atoms with Gasteiger partial charge >= 0.3 is 6.18 Å². The number of halogens is 3. The van der Waals surface area contributed by atoms with Gasteiger partial charge in [0.1, 0.15) is 5.75 Å². The Morgan fingerprint density at radius 2 is 1.88 bits per heavy atom. The molecule has 2 nitrogen and oxygen atoms in total. The molecular weight excluding hydrogens is 219 g/mol. The summed E-state index contributed by atoms with van der Waals surface area (Å²) in [4.78, 5) is 1.21. The lowest BCUT2D eigenvalue weighted by molar-refractivity contribution is -0.144. The van der Waals surface area contributed by atoms with Crippen molar-refractivity contribution in [1.82, 2.24) is 4.90 Å². The van der Waals surface area contributed by atoms with E-state index >= 15 is 0 Å². The van der Waals surface area contributed by atoms with Crippen LogP contribution in [-0.4, -0.2) is 31.8 Å². The molecule has 0 spiro atoms. The molecule has 0 aliphatic carbocycles. The maximum atomic E-state index is 12.1. The fraction of sp³-hybridized carbons (Fsp3) is 0.455. The van der Waals surface area contributed by atoms with Gasteiger partial charge in [-0.15, -0.1) is 0 Å². The van der Waals surface area contributed by atoms with Crippen LogP contribution in [0.15, 0.2) is 24.3 Å². The molecule has 1 aromatic rings. The Morgan fingerprint density at radius 1 is 1.25 bits per heavy atom. The summed E-state index contributed by atoms with van der Waals surface area (Å²) in [5.74, 6) is 0.608. The van der Waals surface area contributed by atoms with Gasteiger partial charge in [0.05, 0.1) is 13.7 Å². The van der Waals surface area contributed by atoms with Crippen LogP contribution in [0.3, 0.4) is 0 Å². The maximum absolute atomic E-state index is 12.1. The SMILES string of the molecule is COc1ccccc1CN(C)CC(F)(F)F. The third kappa shape index (κ3) is 4.10. The third-order valence-corrected chi connectivity index (χ3v) is 2.08. The number of ether oxygens (including phenoxy) is 1. The fourth-order valence-electron chi connectivity index (χ4n) is 1.49. The van der Waals surface area contributed by atoms with Gasteiger partial charge in [-0.3, -0.25) is 4.90 Å². The molecule has 16 heavy (non-hydrogen) atoms. The van der Waals surface area contributed by atoms with Crippen LogP contribution in [0.5, 0.6) is 5.75 Å². The topological polar surface area (TPSA) is 12.5 Å². The number of hydrogen-bond acceptors (Lipinski definition) is 2. The lowest BCUT2D eigenvalue weighted by atomic mass is 10.2. The Hall–Kier alpha value is -1.23. The molecule has 0 radical (unpaired) electrons. The van der Waals surface area contributed by atoms with E-state index in [1.165, 1.54) is 19.1 Å². The van der Waals surface area contributed by atoms with Gasteiger partial charge in [-0.05, 0) is 13.1 Å². The first-order valence-corrected chi connectivity index (χ1v) is 4.79. The Kier molecular flexibility index (Phi) is 4.18.